The number of nitro groups is 1. The van der Waals surface area contributed by atoms with Crippen molar-refractivity contribution in [3.63, 3.8) is 0 Å². The molecular formula is C18H21N3O6S. The summed E-state index contributed by atoms with van der Waals surface area (Å²) in [5.41, 5.74) is 0.577. The molecule has 2 aromatic carbocycles. The zero-order valence-corrected chi connectivity index (χ0v) is 16.3. The van der Waals surface area contributed by atoms with Crippen LogP contribution in [0, 0.1) is 17.0 Å². The highest BCUT2D eigenvalue weighted by Crippen LogP contribution is 2.25. The number of nitrogens with zero attached hydrogens (tertiary/aromatic N) is 1. The van der Waals surface area contributed by atoms with Crippen molar-refractivity contribution >= 4 is 27.3 Å². The van der Waals surface area contributed by atoms with Gasteiger partial charge in [0.15, 0.2) is 6.61 Å². The highest BCUT2D eigenvalue weighted by molar-refractivity contribution is 7.89. The lowest BCUT2D eigenvalue weighted by atomic mass is 10.1. The number of nitro benzene ring substituents is 1. The van der Waals surface area contributed by atoms with E-state index in [4.69, 9.17) is 4.74 Å². The van der Waals surface area contributed by atoms with Gasteiger partial charge in [-0.05, 0) is 43.7 Å². The van der Waals surface area contributed by atoms with Crippen LogP contribution in [0.1, 0.15) is 18.9 Å². The SMILES string of the molecule is CCCNS(=O)(=O)c1ccc(OCC(=O)Nc2cccc([N+](=O)[O-])c2C)cc1. The lowest BCUT2D eigenvalue weighted by Crippen LogP contribution is -2.24. The predicted molar refractivity (Wildman–Crippen MR) is 104 cm³/mol. The van der Waals surface area contributed by atoms with E-state index >= 15 is 0 Å². The van der Waals surface area contributed by atoms with Gasteiger partial charge in [-0.15, -0.1) is 0 Å². The van der Waals surface area contributed by atoms with Gasteiger partial charge in [0.05, 0.1) is 21.1 Å². The quantitative estimate of drug-likeness (QED) is 0.486. The van der Waals surface area contributed by atoms with Gasteiger partial charge in [-0.3, -0.25) is 14.9 Å². The molecule has 0 saturated carbocycles. The maximum Gasteiger partial charge on any atom is 0.274 e. The zero-order valence-electron chi connectivity index (χ0n) is 15.5. The summed E-state index contributed by atoms with van der Waals surface area (Å²) in [6, 6.07) is 10.1. The summed E-state index contributed by atoms with van der Waals surface area (Å²) in [7, 11) is -3.57. The zero-order chi connectivity index (χ0) is 20.7. The molecule has 2 rings (SSSR count). The predicted octanol–water partition coefficient (Wildman–Crippen LogP) is 2.61. The summed E-state index contributed by atoms with van der Waals surface area (Å²) in [6.07, 6.45) is 0.680. The van der Waals surface area contributed by atoms with Crippen LogP contribution in [-0.4, -0.2) is 32.4 Å². The van der Waals surface area contributed by atoms with Crippen molar-refractivity contribution in [1.82, 2.24) is 4.72 Å². The average molecular weight is 407 g/mol. The van der Waals surface area contributed by atoms with E-state index in [1.165, 1.54) is 36.4 Å². The second kappa shape index (κ2) is 9.29. The molecule has 1 amide bonds. The van der Waals surface area contributed by atoms with Crippen LogP contribution in [0.5, 0.6) is 5.75 Å². The van der Waals surface area contributed by atoms with Crippen LogP contribution in [0.25, 0.3) is 0 Å². The molecule has 2 aromatic rings. The Kier molecular flexibility index (Phi) is 7.07. The normalized spacial score (nSPS) is 11.1. The van der Waals surface area contributed by atoms with Gasteiger partial charge in [0.2, 0.25) is 10.0 Å². The lowest BCUT2D eigenvalue weighted by Gasteiger charge is -2.10. The number of anilines is 1. The fourth-order valence-corrected chi connectivity index (χ4v) is 3.46. The number of ether oxygens (including phenoxy) is 1. The molecule has 10 heteroatoms. The van der Waals surface area contributed by atoms with Crippen molar-refractivity contribution in [1.29, 1.82) is 0 Å². The molecule has 0 bridgehead atoms. The molecule has 28 heavy (non-hydrogen) atoms. The number of hydrogen-bond donors (Lipinski definition) is 2. The second-order valence-electron chi connectivity index (χ2n) is 5.91. The van der Waals surface area contributed by atoms with Crippen LogP contribution in [0.3, 0.4) is 0 Å². The van der Waals surface area contributed by atoms with Crippen LogP contribution in [0.4, 0.5) is 11.4 Å². The fraction of sp³-hybridized carbons (Fsp3) is 0.278. The monoisotopic (exact) mass is 407 g/mol. The Morgan fingerprint density at radius 1 is 1.18 bits per heavy atom. The van der Waals surface area contributed by atoms with Crippen molar-refractivity contribution in [2.45, 2.75) is 25.2 Å². The Bertz CT molecular complexity index is 958. The van der Waals surface area contributed by atoms with E-state index in [2.05, 4.69) is 10.0 Å². The van der Waals surface area contributed by atoms with Crippen LogP contribution in [0.15, 0.2) is 47.4 Å². The number of rotatable bonds is 9. The number of nitrogens with one attached hydrogen (secondary N) is 2. The molecule has 0 unspecified atom stereocenters. The first-order valence-electron chi connectivity index (χ1n) is 8.51. The molecule has 150 valence electrons. The summed E-state index contributed by atoms with van der Waals surface area (Å²) in [6.45, 7) is 3.42. The molecule has 0 aliphatic heterocycles. The molecule has 0 atom stereocenters. The second-order valence-corrected chi connectivity index (χ2v) is 7.68. The van der Waals surface area contributed by atoms with Crippen molar-refractivity contribution < 1.29 is 22.9 Å². The van der Waals surface area contributed by atoms with E-state index < -0.39 is 20.9 Å². The fourth-order valence-electron chi connectivity index (χ4n) is 2.33. The molecule has 0 fully saturated rings. The van der Waals surface area contributed by atoms with E-state index in [9.17, 15) is 23.3 Å². The summed E-state index contributed by atoms with van der Waals surface area (Å²) < 4.78 is 31.8. The Hall–Kier alpha value is -2.98. The maximum atomic E-state index is 12.1. The third-order valence-corrected chi connectivity index (χ3v) is 5.30. The number of amides is 1. The molecule has 2 N–H and O–H groups in total. The Labute approximate surface area is 162 Å². The molecule has 0 radical (unpaired) electrons. The van der Waals surface area contributed by atoms with Crippen LogP contribution in [-0.2, 0) is 14.8 Å². The summed E-state index contributed by atoms with van der Waals surface area (Å²) in [4.78, 5) is 22.6. The number of carbonyl (C=O) groups excluding carboxylic acids is 1. The Balaban J connectivity index is 1.97. The van der Waals surface area contributed by atoms with Crippen molar-refractivity contribution in [2.24, 2.45) is 0 Å². The van der Waals surface area contributed by atoms with Gasteiger partial charge in [-0.25, -0.2) is 13.1 Å². The van der Waals surface area contributed by atoms with E-state index in [-0.39, 0.29) is 17.2 Å². The topological polar surface area (TPSA) is 128 Å². The van der Waals surface area contributed by atoms with Crippen LogP contribution >= 0.6 is 0 Å². The molecule has 0 saturated heterocycles. The Morgan fingerprint density at radius 2 is 1.86 bits per heavy atom. The molecule has 0 spiro atoms. The Morgan fingerprint density at radius 3 is 2.46 bits per heavy atom. The highest BCUT2D eigenvalue weighted by atomic mass is 32.2. The molecule has 0 aliphatic rings. The summed E-state index contributed by atoms with van der Waals surface area (Å²) in [5, 5.41) is 13.5. The van der Waals surface area contributed by atoms with E-state index in [0.717, 1.165) is 0 Å². The molecule has 0 aliphatic carbocycles. The smallest absolute Gasteiger partial charge is 0.274 e. The van der Waals surface area contributed by atoms with Gasteiger partial charge >= 0.3 is 0 Å². The van der Waals surface area contributed by atoms with Gasteiger partial charge in [0.1, 0.15) is 5.75 Å². The lowest BCUT2D eigenvalue weighted by molar-refractivity contribution is -0.385. The minimum Gasteiger partial charge on any atom is -0.484 e. The van der Waals surface area contributed by atoms with E-state index in [1.807, 2.05) is 6.92 Å². The van der Waals surface area contributed by atoms with E-state index in [1.54, 1.807) is 13.0 Å². The number of sulfonamides is 1. The van der Waals surface area contributed by atoms with Gasteiger partial charge in [0.25, 0.3) is 11.6 Å². The maximum absolute atomic E-state index is 12.1. The first-order valence-corrected chi connectivity index (χ1v) is 9.99. The standard InChI is InChI=1S/C18H21N3O6S/c1-3-11-19-28(25,26)15-9-7-14(8-10-15)27-12-18(22)20-16-5-4-6-17(13(16)2)21(23)24/h4-10,19H,3,11-12H2,1-2H3,(H,20,22). The summed E-state index contributed by atoms with van der Waals surface area (Å²) >= 11 is 0. The average Bonchev–Trinajstić information content (AvgIpc) is 2.66. The van der Waals surface area contributed by atoms with Gasteiger partial charge in [0, 0.05) is 12.6 Å². The van der Waals surface area contributed by atoms with Gasteiger partial charge < -0.3 is 10.1 Å². The van der Waals surface area contributed by atoms with E-state index in [0.29, 0.717) is 30.0 Å². The van der Waals surface area contributed by atoms with Crippen molar-refractivity contribution in [2.75, 3.05) is 18.5 Å². The molecule has 0 heterocycles. The van der Waals surface area contributed by atoms with Gasteiger partial charge in [-0.1, -0.05) is 13.0 Å². The minimum atomic E-state index is -3.57. The first kappa shape index (κ1) is 21.3. The summed E-state index contributed by atoms with van der Waals surface area (Å²) in [5.74, 6) is -0.176. The van der Waals surface area contributed by atoms with Crippen molar-refractivity contribution in [3.05, 3.63) is 58.1 Å². The third-order valence-electron chi connectivity index (χ3n) is 3.82. The third kappa shape index (κ3) is 5.51. The van der Waals surface area contributed by atoms with Crippen LogP contribution in [0.2, 0.25) is 0 Å². The largest absolute Gasteiger partial charge is 0.484 e. The molecule has 0 aromatic heterocycles. The van der Waals surface area contributed by atoms with Crippen LogP contribution < -0.4 is 14.8 Å². The first-order chi connectivity index (χ1) is 13.2. The minimum absolute atomic E-state index is 0.0906. The van der Waals surface area contributed by atoms with Crippen molar-refractivity contribution in [3.8, 4) is 5.75 Å². The number of benzene rings is 2. The number of hydrogen-bond acceptors (Lipinski definition) is 6. The highest BCUT2D eigenvalue weighted by Gasteiger charge is 2.16. The molecule has 9 nitrogen and oxygen atoms in total. The number of carbonyl (C=O) groups is 1. The van der Waals surface area contributed by atoms with Gasteiger partial charge in [-0.2, -0.15) is 0 Å². The molecular weight excluding hydrogens is 386 g/mol.